The first-order chi connectivity index (χ1) is 10.1. The van der Waals surface area contributed by atoms with Crippen LogP contribution in [0.4, 0.5) is 5.69 Å². The van der Waals surface area contributed by atoms with E-state index in [2.05, 4.69) is 0 Å². The van der Waals surface area contributed by atoms with Crippen molar-refractivity contribution in [1.82, 2.24) is 0 Å². The Balaban J connectivity index is 2.68. The van der Waals surface area contributed by atoms with Crippen LogP contribution in [-0.4, -0.2) is 34.6 Å². The average Bonchev–Trinajstić information content (AvgIpc) is 2.53. The van der Waals surface area contributed by atoms with Crippen molar-refractivity contribution in [2.45, 2.75) is 0 Å². The smallest absolute Gasteiger partial charge is 0.171 e. The number of nitrogens with zero attached hydrogens (tertiary/aromatic N) is 1. The third kappa shape index (κ3) is 2.84. The van der Waals surface area contributed by atoms with E-state index in [-0.39, 0.29) is 0 Å². The number of anilines is 1. The van der Waals surface area contributed by atoms with Gasteiger partial charge in [-0.2, -0.15) is 0 Å². The highest BCUT2D eigenvalue weighted by Crippen LogP contribution is 2.38. The lowest BCUT2D eigenvalue weighted by Gasteiger charge is -2.19. The lowest BCUT2D eigenvalue weighted by Crippen LogP contribution is -2.09. The fourth-order valence-corrected chi connectivity index (χ4v) is 2.34. The molecule has 110 valence electrons. The summed E-state index contributed by atoms with van der Waals surface area (Å²) in [4.78, 5) is 13.3. The largest absolute Gasteiger partial charge is 0.493 e. The lowest BCUT2D eigenvalue weighted by atomic mass is 10.00. The quantitative estimate of drug-likeness (QED) is 0.790. The first-order valence-corrected chi connectivity index (χ1v) is 6.60. The minimum absolute atomic E-state index is 0.457. The Morgan fingerprint density at radius 3 is 2.33 bits per heavy atom. The molecule has 4 heteroatoms. The van der Waals surface area contributed by atoms with Gasteiger partial charge in [-0.25, -0.2) is 0 Å². The Labute approximate surface area is 124 Å². The van der Waals surface area contributed by atoms with Crippen LogP contribution in [0.5, 0.6) is 11.5 Å². The maximum atomic E-state index is 11.3. The van der Waals surface area contributed by atoms with Gasteiger partial charge in [0.05, 0.1) is 19.8 Å². The molecule has 0 unspecified atom stereocenters. The van der Waals surface area contributed by atoms with Gasteiger partial charge in [0.2, 0.25) is 0 Å². The standard InChI is InChI=1S/C17H19NO3/c1-18(2)15-8-6-5-7-14(15)12-9-13(11-19)17(21-4)16(10-12)20-3/h5-11H,1-4H3. The van der Waals surface area contributed by atoms with Crippen molar-refractivity contribution < 1.29 is 14.3 Å². The van der Waals surface area contributed by atoms with Crippen molar-refractivity contribution >= 4 is 12.0 Å². The molecule has 21 heavy (non-hydrogen) atoms. The van der Waals surface area contributed by atoms with Crippen molar-refractivity contribution in [3.63, 3.8) is 0 Å². The molecule has 0 bridgehead atoms. The summed E-state index contributed by atoms with van der Waals surface area (Å²) < 4.78 is 10.6. The molecule has 0 radical (unpaired) electrons. The summed E-state index contributed by atoms with van der Waals surface area (Å²) in [6.45, 7) is 0. The molecular weight excluding hydrogens is 266 g/mol. The first kappa shape index (κ1) is 14.9. The van der Waals surface area contributed by atoms with E-state index in [0.717, 1.165) is 23.1 Å². The SMILES string of the molecule is COc1cc(-c2ccccc2N(C)C)cc(C=O)c1OC. The van der Waals surface area contributed by atoms with Gasteiger partial charge in [-0.3, -0.25) is 4.79 Å². The van der Waals surface area contributed by atoms with E-state index in [4.69, 9.17) is 9.47 Å². The van der Waals surface area contributed by atoms with Crippen molar-refractivity contribution in [2.24, 2.45) is 0 Å². The summed E-state index contributed by atoms with van der Waals surface area (Å²) in [5, 5.41) is 0. The van der Waals surface area contributed by atoms with Gasteiger partial charge in [0.1, 0.15) is 0 Å². The molecule has 0 aromatic heterocycles. The number of rotatable bonds is 5. The van der Waals surface area contributed by atoms with Gasteiger partial charge in [0.15, 0.2) is 17.8 Å². The van der Waals surface area contributed by atoms with Gasteiger partial charge in [-0.05, 0) is 23.8 Å². The van der Waals surface area contributed by atoms with Gasteiger partial charge >= 0.3 is 0 Å². The van der Waals surface area contributed by atoms with Crippen LogP contribution in [0.25, 0.3) is 11.1 Å². The van der Waals surface area contributed by atoms with Crippen LogP contribution in [0.1, 0.15) is 10.4 Å². The number of hydrogen-bond donors (Lipinski definition) is 0. The Bertz CT molecular complexity index is 650. The van der Waals surface area contributed by atoms with Crippen molar-refractivity contribution in [2.75, 3.05) is 33.2 Å². The second-order valence-electron chi connectivity index (χ2n) is 4.83. The number of benzene rings is 2. The summed E-state index contributed by atoms with van der Waals surface area (Å²) in [5.41, 5.74) is 3.49. The maximum absolute atomic E-state index is 11.3. The second kappa shape index (κ2) is 6.31. The van der Waals surface area contributed by atoms with Crippen molar-refractivity contribution in [1.29, 1.82) is 0 Å². The Morgan fingerprint density at radius 1 is 1.05 bits per heavy atom. The molecule has 2 aromatic rings. The molecule has 0 N–H and O–H groups in total. The van der Waals surface area contributed by atoms with E-state index in [1.165, 1.54) is 7.11 Å². The van der Waals surface area contributed by atoms with Gasteiger partial charge in [0.25, 0.3) is 0 Å². The Morgan fingerprint density at radius 2 is 1.76 bits per heavy atom. The summed E-state index contributed by atoms with van der Waals surface area (Å²) in [6.07, 6.45) is 0.781. The van der Waals surface area contributed by atoms with Gasteiger partial charge < -0.3 is 14.4 Å². The monoisotopic (exact) mass is 285 g/mol. The van der Waals surface area contributed by atoms with Crippen molar-refractivity contribution in [3.8, 4) is 22.6 Å². The molecule has 0 aliphatic heterocycles. The molecule has 0 saturated heterocycles. The minimum Gasteiger partial charge on any atom is -0.493 e. The molecule has 2 aromatic carbocycles. The molecule has 0 fully saturated rings. The zero-order valence-corrected chi connectivity index (χ0v) is 12.7. The summed E-state index contributed by atoms with van der Waals surface area (Å²) in [7, 11) is 7.06. The number of hydrogen-bond acceptors (Lipinski definition) is 4. The molecule has 0 saturated carbocycles. The van der Waals surface area contributed by atoms with E-state index >= 15 is 0 Å². The van der Waals surface area contributed by atoms with Crippen LogP contribution >= 0.6 is 0 Å². The molecule has 0 spiro atoms. The molecule has 0 amide bonds. The predicted molar refractivity (Wildman–Crippen MR) is 84.7 cm³/mol. The van der Waals surface area contributed by atoms with E-state index < -0.39 is 0 Å². The van der Waals surface area contributed by atoms with Crippen LogP contribution in [0.15, 0.2) is 36.4 Å². The summed E-state index contributed by atoms with van der Waals surface area (Å²) >= 11 is 0. The molecule has 0 aliphatic rings. The number of ether oxygens (including phenoxy) is 2. The number of carbonyl (C=O) groups is 1. The summed E-state index contributed by atoms with van der Waals surface area (Å²) in [6, 6.07) is 11.7. The van der Waals surface area contributed by atoms with Gasteiger partial charge in [0, 0.05) is 25.3 Å². The van der Waals surface area contributed by atoms with Crippen LogP contribution < -0.4 is 14.4 Å². The average molecular weight is 285 g/mol. The van der Waals surface area contributed by atoms with E-state index in [1.807, 2.05) is 55.4 Å². The molecular formula is C17H19NO3. The van der Waals surface area contributed by atoms with E-state index in [9.17, 15) is 4.79 Å². The lowest BCUT2D eigenvalue weighted by molar-refractivity contribution is 0.112. The predicted octanol–water partition coefficient (Wildman–Crippen LogP) is 3.25. The highest BCUT2D eigenvalue weighted by molar-refractivity contribution is 5.88. The van der Waals surface area contributed by atoms with Crippen molar-refractivity contribution in [3.05, 3.63) is 42.0 Å². The van der Waals surface area contributed by atoms with Gasteiger partial charge in [-0.1, -0.05) is 18.2 Å². The molecule has 2 rings (SSSR count). The minimum atomic E-state index is 0.457. The van der Waals surface area contributed by atoms with E-state index in [0.29, 0.717) is 17.1 Å². The topological polar surface area (TPSA) is 38.8 Å². The fraction of sp³-hybridized carbons (Fsp3) is 0.235. The summed E-state index contributed by atoms with van der Waals surface area (Å²) in [5.74, 6) is 1.00. The molecule has 0 heterocycles. The molecule has 0 aliphatic carbocycles. The van der Waals surface area contributed by atoms with E-state index in [1.54, 1.807) is 7.11 Å². The fourth-order valence-electron chi connectivity index (χ4n) is 2.34. The van der Waals surface area contributed by atoms with Crippen LogP contribution in [0.3, 0.4) is 0 Å². The third-order valence-corrected chi connectivity index (χ3v) is 3.33. The van der Waals surface area contributed by atoms with Crippen LogP contribution in [0.2, 0.25) is 0 Å². The zero-order valence-electron chi connectivity index (χ0n) is 12.7. The maximum Gasteiger partial charge on any atom is 0.171 e. The Hall–Kier alpha value is -2.49. The second-order valence-corrected chi connectivity index (χ2v) is 4.83. The number of aldehydes is 1. The first-order valence-electron chi connectivity index (χ1n) is 6.60. The number of methoxy groups -OCH3 is 2. The number of para-hydroxylation sites is 1. The van der Waals surface area contributed by atoms with Crippen LogP contribution in [0, 0.1) is 0 Å². The highest BCUT2D eigenvalue weighted by atomic mass is 16.5. The zero-order chi connectivity index (χ0) is 15.4. The number of carbonyl (C=O) groups excluding carboxylic acids is 1. The normalized spacial score (nSPS) is 10.1. The third-order valence-electron chi connectivity index (χ3n) is 3.33. The Kier molecular flexibility index (Phi) is 4.48. The molecule has 4 nitrogen and oxygen atoms in total. The van der Waals surface area contributed by atoms with Gasteiger partial charge in [-0.15, -0.1) is 0 Å². The molecule has 0 atom stereocenters. The van der Waals surface area contributed by atoms with Crippen LogP contribution in [-0.2, 0) is 0 Å². The highest BCUT2D eigenvalue weighted by Gasteiger charge is 2.15.